The summed E-state index contributed by atoms with van der Waals surface area (Å²) in [6.45, 7) is 1.65. The molecule has 5 nitrogen and oxygen atoms in total. The second-order valence-corrected chi connectivity index (χ2v) is 4.35. The molecule has 84 valence electrons. The van der Waals surface area contributed by atoms with Crippen molar-refractivity contribution >= 4 is 34.0 Å². The Morgan fingerprint density at radius 2 is 1.73 bits per heavy atom. The zero-order chi connectivity index (χ0) is 10.8. The smallest absolute Gasteiger partial charge is 0.238 e. The molecule has 0 atom stereocenters. The molecule has 0 unspecified atom stereocenters. The number of halogens is 1. The number of nitrogens with zero attached hydrogens (tertiary/aromatic N) is 1. The van der Waals surface area contributed by atoms with Gasteiger partial charge in [-0.15, -0.1) is 12.4 Å². The lowest BCUT2D eigenvalue weighted by Crippen LogP contribution is -2.11. The summed E-state index contributed by atoms with van der Waals surface area (Å²) < 4.78 is 21.8. The third-order valence-electron chi connectivity index (χ3n) is 1.47. The van der Waals surface area contributed by atoms with Crippen LogP contribution in [-0.2, 0) is 10.0 Å². The maximum absolute atomic E-state index is 10.9. The van der Waals surface area contributed by atoms with E-state index in [9.17, 15) is 8.42 Å². The van der Waals surface area contributed by atoms with Crippen molar-refractivity contribution in [2.24, 2.45) is 15.9 Å². The molecule has 0 amide bonds. The van der Waals surface area contributed by atoms with Crippen molar-refractivity contribution in [1.82, 2.24) is 0 Å². The molecule has 0 saturated carbocycles. The fourth-order valence-electron chi connectivity index (χ4n) is 0.914. The van der Waals surface area contributed by atoms with E-state index in [0.717, 1.165) is 0 Å². The lowest BCUT2D eigenvalue weighted by molar-refractivity contribution is 0.598. The molecule has 0 aliphatic heterocycles. The summed E-state index contributed by atoms with van der Waals surface area (Å²) in [6, 6.07) is 5.85. The molecule has 0 spiro atoms. The van der Waals surface area contributed by atoms with E-state index in [1.807, 2.05) is 0 Å². The zero-order valence-electron chi connectivity index (χ0n) is 8.04. The molecular weight excluding hydrogens is 238 g/mol. The Kier molecular flexibility index (Phi) is 4.73. The Morgan fingerprint density at radius 1 is 1.27 bits per heavy atom. The van der Waals surface area contributed by atoms with Crippen molar-refractivity contribution in [2.75, 3.05) is 0 Å². The van der Waals surface area contributed by atoms with E-state index in [2.05, 4.69) is 4.99 Å². The van der Waals surface area contributed by atoms with Crippen LogP contribution in [0.25, 0.3) is 0 Å². The van der Waals surface area contributed by atoms with Gasteiger partial charge in [0.2, 0.25) is 10.0 Å². The highest BCUT2D eigenvalue weighted by molar-refractivity contribution is 7.89. The molecule has 0 aromatic heterocycles. The Balaban J connectivity index is 0.00000196. The van der Waals surface area contributed by atoms with Crippen molar-refractivity contribution in [3.05, 3.63) is 24.3 Å². The fraction of sp³-hybridized carbons (Fsp3) is 0.125. The minimum Gasteiger partial charge on any atom is -0.387 e. The highest BCUT2D eigenvalue weighted by atomic mass is 35.5. The number of primary sulfonamides is 1. The lowest BCUT2D eigenvalue weighted by Gasteiger charge is -1.98. The number of hydrogen-bond donors (Lipinski definition) is 2. The topological polar surface area (TPSA) is 98.5 Å². The van der Waals surface area contributed by atoms with Crippen molar-refractivity contribution in [3.63, 3.8) is 0 Å². The van der Waals surface area contributed by atoms with E-state index >= 15 is 0 Å². The summed E-state index contributed by atoms with van der Waals surface area (Å²) in [5.41, 5.74) is 5.95. The molecule has 1 rings (SSSR count). The summed E-state index contributed by atoms with van der Waals surface area (Å²) in [6.07, 6.45) is 0. The van der Waals surface area contributed by atoms with Crippen LogP contribution in [0.2, 0.25) is 0 Å². The number of benzene rings is 1. The molecular formula is C8H12ClN3O2S. The van der Waals surface area contributed by atoms with Crippen LogP contribution in [-0.4, -0.2) is 14.3 Å². The fourth-order valence-corrected chi connectivity index (χ4v) is 1.43. The predicted octanol–water partition coefficient (Wildman–Crippen LogP) is 0.764. The standard InChI is InChI=1S/C8H11N3O2S.ClH/c1-6(9)11-7-2-4-8(5-3-7)14(10,12)13;/h2-5H,1H3,(H2,9,11)(H2,10,12,13);1H. The Bertz CT molecular complexity index is 449. The van der Waals surface area contributed by atoms with Crippen LogP contribution in [0.15, 0.2) is 34.2 Å². The van der Waals surface area contributed by atoms with Gasteiger partial charge in [-0.2, -0.15) is 0 Å². The van der Waals surface area contributed by atoms with Crippen LogP contribution in [0.5, 0.6) is 0 Å². The average Bonchev–Trinajstić information content (AvgIpc) is 2.02. The van der Waals surface area contributed by atoms with E-state index in [0.29, 0.717) is 11.5 Å². The highest BCUT2D eigenvalue weighted by Gasteiger charge is 2.05. The van der Waals surface area contributed by atoms with E-state index in [4.69, 9.17) is 10.9 Å². The van der Waals surface area contributed by atoms with Gasteiger partial charge >= 0.3 is 0 Å². The first-order chi connectivity index (χ1) is 6.39. The molecule has 1 aromatic rings. The van der Waals surface area contributed by atoms with Gasteiger partial charge < -0.3 is 5.73 Å². The zero-order valence-corrected chi connectivity index (χ0v) is 9.68. The molecule has 15 heavy (non-hydrogen) atoms. The molecule has 0 fully saturated rings. The molecule has 4 N–H and O–H groups in total. The third kappa shape index (κ3) is 4.28. The number of rotatable bonds is 2. The molecule has 0 bridgehead atoms. The van der Waals surface area contributed by atoms with Gasteiger partial charge in [0.05, 0.1) is 16.4 Å². The van der Waals surface area contributed by atoms with E-state index in [1.54, 1.807) is 6.92 Å². The Labute approximate surface area is 94.7 Å². The van der Waals surface area contributed by atoms with Crippen LogP contribution in [0.1, 0.15) is 6.92 Å². The first kappa shape index (κ1) is 13.9. The third-order valence-corrected chi connectivity index (χ3v) is 2.40. The van der Waals surface area contributed by atoms with Crippen molar-refractivity contribution in [1.29, 1.82) is 0 Å². The Hall–Kier alpha value is -1.11. The second kappa shape index (κ2) is 5.11. The Morgan fingerprint density at radius 3 is 2.07 bits per heavy atom. The number of nitrogens with two attached hydrogens (primary N) is 2. The van der Waals surface area contributed by atoms with E-state index in [-0.39, 0.29) is 17.3 Å². The molecule has 1 aromatic carbocycles. The number of amidine groups is 1. The summed E-state index contributed by atoms with van der Waals surface area (Å²) in [7, 11) is -3.63. The van der Waals surface area contributed by atoms with Gasteiger partial charge in [-0.25, -0.2) is 18.5 Å². The highest BCUT2D eigenvalue weighted by Crippen LogP contribution is 2.15. The van der Waals surface area contributed by atoms with Crippen molar-refractivity contribution < 1.29 is 8.42 Å². The lowest BCUT2D eigenvalue weighted by atomic mass is 10.3. The molecule has 7 heteroatoms. The second-order valence-electron chi connectivity index (χ2n) is 2.79. The average molecular weight is 250 g/mol. The van der Waals surface area contributed by atoms with Gasteiger partial charge in [-0.05, 0) is 31.2 Å². The molecule has 0 radical (unpaired) electrons. The normalized spacial score (nSPS) is 12.0. The van der Waals surface area contributed by atoms with Crippen molar-refractivity contribution in [3.8, 4) is 0 Å². The van der Waals surface area contributed by atoms with Crippen LogP contribution in [0.3, 0.4) is 0 Å². The largest absolute Gasteiger partial charge is 0.387 e. The summed E-state index contributed by atoms with van der Waals surface area (Å²) in [5, 5.41) is 4.92. The van der Waals surface area contributed by atoms with Gasteiger partial charge in [0, 0.05) is 0 Å². The van der Waals surface area contributed by atoms with E-state index in [1.165, 1.54) is 24.3 Å². The first-order valence-corrected chi connectivity index (χ1v) is 5.38. The van der Waals surface area contributed by atoms with Gasteiger partial charge in [0.15, 0.2) is 0 Å². The SMILES string of the molecule is CC(N)=Nc1ccc(S(N)(=O)=O)cc1.Cl. The molecule has 0 aliphatic carbocycles. The molecule has 0 heterocycles. The number of sulfonamides is 1. The monoisotopic (exact) mass is 249 g/mol. The predicted molar refractivity (Wildman–Crippen MR) is 62.0 cm³/mol. The van der Waals surface area contributed by atoms with Gasteiger partial charge in [-0.1, -0.05) is 0 Å². The minimum atomic E-state index is -3.63. The first-order valence-electron chi connectivity index (χ1n) is 3.83. The van der Waals surface area contributed by atoms with Crippen LogP contribution in [0, 0.1) is 0 Å². The molecule has 0 saturated heterocycles. The van der Waals surface area contributed by atoms with Gasteiger partial charge in [0.1, 0.15) is 0 Å². The minimum absolute atomic E-state index is 0. The number of hydrogen-bond acceptors (Lipinski definition) is 3. The van der Waals surface area contributed by atoms with Crippen molar-refractivity contribution in [2.45, 2.75) is 11.8 Å². The van der Waals surface area contributed by atoms with E-state index < -0.39 is 10.0 Å². The van der Waals surface area contributed by atoms with Gasteiger partial charge in [0.25, 0.3) is 0 Å². The summed E-state index contributed by atoms with van der Waals surface area (Å²) >= 11 is 0. The van der Waals surface area contributed by atoms with Gasteiger partial charge in [-0.3, -0.25) is 0 Å². The summed E-state index contributed by atoms with van der Waals surface area (Å²) in [4.78, 5) is 4.00. The molecule has 0 aliphatic rings. The maximum atomic E-state index is 10.9. The van der Waals surface area contributed by atoms with Crippen LogP contribution >= 0.6 is 12.4 Å². The van der Waals surface area contributed by atoms with Crippen LogP contribution in [0.4, 0.5) is 5.69 Å². The van der Waals surface area contributed by atoms with Crippen LogP contribution < -0.4 is 10.9 Å². The number of aliphatic imine (C=N–C) groups is 1. The maximum Gasteiger partial charge on any atom is 0.238 e. The quantitative estimate of drug-likeness (QED) is 0.598. The summed E-state index contributed by atoms with van der Waals surface area (Å²) in [5.74, 6) is 0.411.